The average molecular weight is 499 g/mol. The number of benzene rings is 2. The van der Waals surface area contributed by atoms with Crippen molar-refractivity contribution in [2.75, 3.05) is 0 Å². The minimum Gasteiger partial charge on any atom is -0.405 e. The predicted molar refractivity (Wildman–Crippen MR) is 120 cm³/mol. The molecular formula is C23H21F3O5S2. The maximum atomic E-state index is 13.0. The van der Waals surface area contributed by atoms with Crippen LogP contribution in [0, 0.1) is 5.41 Å². The molecule has 1 aliphatic rings. The van der Waals surface area contributed by atoms with Crippen LogP contribution in [0.25, 0.3) is 10.1 Å². The van der Waals surface area contributed by atoms with Crippen molar-refractivity contribution in [3.63, 3.8) is 0 Å². The lowest BCUT2D eigenvalue weighted by Gasteiger charge is -2.30. The molecule has 1 heterocycles. The first-order chi connectivity index (χ1) is 15.3. The Hall–Kier alpha value is -2.43. The second-order valence-electron chi connectivity index (χ2n) is 8.91. The maximum Gasteiger partial charge on any atom is 0.573 e. The number of para-hydroxylation sites is 1. The van der Waals surface area contributed by atoms with Crippen molar-refractivity contribution in [1.82, 2.24) is 0 Å². The van der Waals surface area contributed by atoms with Crippen molar-refractivity contribution in [2.45, 2.75) is 44.7 Å². The highest BCUT2D eigenvalue weighted by Crippen LogP contribution is 2.41. The van der Waals surface area contributed by atoms with E-state index in [0.29, 0.717) is 22.9 Å². The van der Waals surface area contributed by atoms with E-state index in [1.807, 2.05) is 0 Å². The molecule has 4 rings (SSSR count). The Balaban J connectivity index is 1.90. The maximum absolute atomic E-state index is 13.0. The first-order valence-corrected chi connectivity index (χ1v) is 12.5. The topological polar surface area (TPSA) is 80.7 Å². The molecule has 0 spiro atoms. The van der Waals surface area contributed by atoms with Crippen LogP contribution in [0.3, 0.4) is 0 Å². The minimum atomic E-state index is -5.05. The third-order valence-electron chi connectivity index (χ3n) is 5.81. The van der Waals surface area contributed by atoms with Gasteiger partial charge < -0.3 is 4.74 Å². The zero-order chi connectivity index (χ0) is 24.2. The second-order valence-corrected chi connectivity index (χ2v) is 11.5. The van der Waals surface area contributed by atoms with E-state index in [1.54, 1.807) is 0 Å². The zero-order valence-corrected chi connectivity index (χ0v) is 19.4. The van der Waals surface area contributed by atoms with Crippen LogP contribution < -0.4 is 10.2 Å². The lowest BCUT2D eigenvalue weighted by Crippen LogP contribution is -2.26. The number of alkyl halides is 3. The van der Waals surface area contributed by atoms with Gasteiger partial charge in [-0.25, -0.2) is 0 Å². The monoisotopic (exact) mass is 498 g/mol. The SMILES string of the molecule is CC1(C)CCc2c(sc3cc(C(c4ccccc4OC(F)(F)F)S(=O)(=O)O)ccc3c2=O)C1. The first kappa shape index (κ1) is 23.7. The summed E-state index contributed by atoms with van der Waals surface area (Å²) in [5.74, 6) is -0.729. The highest BCUT2D eigenvalue weighted by atomic mass is 32.2. The molecule has 1 aromatic heterocycles. The molecule has 0 bridgehead atoms. The van der Waals surface area contributed by atoms with Crippen LogP contribution in [0.15, 0.2) is 47.3 Å². The van der Waals surface area contributed by atoms with E-state index in [0.717, 1.165) is 29.0 Å². The van der Waals surface area contributed by atoms with E-state index >= 15 is 0 Å². The van der Waals surface area contributed by atoms with Gasteiger partial charge in [0.05, 0.1) is 0 Å². The summed E-state index contributed by atoms with van der Waals surface area (Å²) >= 11 is 1.37. The van der Waals surface area contributed by atoms with Crippen molar-refractivity contribution in [1.29, 1.82) is 0 Å². The van der Waals surface area contributed by atoms with Gasteiger partial charge in [-0.2, -0.15) is 8.42 Å². The fourth-order valence-electron chi connectivity index (χ4n) is 4.27. The van der Waals surface area contributed by atoms with E-state index in [4.69, 9.17) is 0 Å². The summed E-state index contributed by atoms with van der Waals surface area (Å²) in [7, 11) is -4.88. The molecular weight excluding hydrogens is 477 g/mol. The number of fused-ring (bicyclic) bond motifs is 2. The fourth-order valence-corrected chi connectivity index (χ4v) is 6.78. The summed E-state index contributed by atoms with van der Waals surface area (Å²) in [6, 6.07) is 9.03. The second kappa shape index (κ2) is 8.11. The Bertz CT molecular complexity index is 1390. The molecule has 176 valence electrons. The predicted octanol–water partition coefficient (Wildman–Crippen LogP) is 5.65. The first-order valence-electron chi connectivity index (χ1n) is 10.1. The Labute approximate surface area is 192 Å². The molecule has 0 fully saturated rings. The van der Waals surface area contributed by atoms with Gasteiger partial charge in [-0.1, -0.05) is 38.1 Å². The summed E-state index contributed by atoms with van der Waals surface area (Å²) in [5, 5.41) is -1.41. The van der Waals surface area contributed by atoms with Crippen LogP contribution in [0.2, 0.25) is 0 Å². The summed E-state index contributed by atoms with van der Waals surface area (Å²) in [6.45, 7) is 4.22. The van der Waals surface area contributed by atoms with Gasteiger partial charge in [-0.3, -0.25) is 9.35 Å². The van der Waals surface area contributed by atoms with E-state index in [9.17, 15) is 30.9 Å². The van der Waals surface area contributed by atoms with Crippen molar-refractivity contribution in [3.05, 3.63) is 74.3 Å². The van der Waals surface area contributed by atoms with Gasteiger partial charge in [0.25, 0.3) is 10.1 Å². The molecule has 1 aliphatic carbocycles. The summed E-state index contributed by atoms with van der Waals surface area (Å²) in [5.41, 5.74) is 0.336. The van der Waals surface area contributed by atoms with Gasteiger partial charge in [-0.05, 0) is 48.4 Å². The number of ether oxygens (including phenoxy) is 1. The van der Waals surface area contributed by atoms with Crippen molar-refractivity contribution in [2.24, 2.45) is 5.41 Å². The lowest BCUT2D eigenvalue weighted by atomic mass is 9.77. The largest absolute Gasteiger partial charge is 0.573 e. The lowest BCUT2D eigenvalue weighted by molar-refractivity contribution is -0.274. The van der Waals surface area contributed by atoms with Gasteiger partial charge >= 0.3 is 6.36 Å². The summed E-state index contributed by atoms with van der Waals surface area (Å²) < 4.78 is 77.8. The van der Waals surface area contributed by atoms with E-state index in [-0.39, 0.29) is 22.0 Å². The van der Waals surface area contributed by atoms with Gasteiger partial charge in [-0.15, -0.1) is 24.5 Å². The Morgan fingerprint density at radius 1 is 1.15 bits per heavy atom. The van der Waals surface area contributed by atoms with E-state index in [1.165, 1.54) is 41.7 Å². The third-order valence-corrected chi connectivity index (χ3v) is 8.13. The molecule has 0 aliphatic heterocycles. The molecule has 0 saturated heterocycles. The van der Waals surface area contributed by atoms with Gasteiger partial charge in [0.15, 0.2) is 5.43 Å². The highest BCUT2D eigenvalue weighted by molar-refractivity contribution is 7.86. The Morgan fingerprint density at radius 2 is 1.85 bits per heavy atom. The smallest absolute Gasteiger partial charge is 0.405 e. The molecule has 0 radical (unpaired) electrons. The van der Waals surface area contributed by atoms with Crippen LogP contribution in [0.5, 0.6) is 5.75 Å². The molecule has 1 atom stereocenters. The molecule has 1 unspecified atom stereocenters. The van der Waals surface area contributed by atoms with E-state index < -0.39 is 27.5 Å². The Kier molecular flexibility index (Phi) is 5.83. The normalized spacial score (nSPS) is 16.9. The third kappa shape index (κ3) is 4.92. The Morgan fingerprint density at radius 3 is 2.52 bits per heavy atom. The number of rotatable bonds is 4. The number of hydrogen-bond acceptors (Lipinski definition) is 5. The standard InChI is InChI=1S/C23H21F3O5S2/c1-22(2)10-9-16-19(12-22)32-18-11-13(7-8-15(18)20(16)27)21(33(28,29)30)14-5-3-4-6-17(14)31-23(24,25)26/h3-8,11,21H,9-10,12H2,1-2H3,(H,28,29,30). The molecule has 33 heavy (non-hydrogen) atoms. The number of halogens is 3. The summed E-state index contributed by atoms with van der Waals surface area (Å²) in [6.07, 6.45) is -2.81. The molecule has 0 amide bonds. The molecule has 10 heteroatoms. The minimum absolute atomic E-state index is 0.0199. The van der Waals surface area contributed by atoms with Crippen LogP contribution in [0.4, 0.5) is 13.2 Å². The van der Waals surface area contributed by atoms with Crippen molar-refractivity contribution in [3.8, 4) is 5.75 Å². The highest BCUT2D eigenvalue weighted by Gasteiger charge is 2.36. The molecule has 0 saturated carbocycles. The van der Waals surface area contributed by atoms with E-state index in [2.05, 4.69) is 18.6 Å². The van der Waals surface area contributed by atoms with Gasteiger partial charge in [0.2, 0.25) is 0 Å². The summed E-state index contributed by atoms with van der Waals surface area (Å²) in [4.78, 5) is 14.0. The van der Waals surface area contributed by atoms with Crippen molar-refractivity contribution >= 4 is 31.5 Å². The molecule has 1 N–H and O–H groups in total. The zero-order valence-electron chi connectivity index (χ0n) is 17.8. The van der Waals surface area contributed by atoms with Crippen LogP contribution in [0.1, 0.15) is 47.1 Å². The van der Waals surface area contributed by atoms with Gasteiger partial charge in [0.1, 0.15) is 11.0 Å². The molecule has 2 aromatic carbocycles. The van der Waals surface area contributed by atoms with Crippen molar-refractivity contribution < 1.29 is 30.9 Å². The quantitative estimate of drug-likeness (QED) is 0.470. The average Bonchev–Trinajstić information content (AvgIpc) is 2.66. The fraction of sp³-hybridized carbons (Fsp3) is 0.348. The van der Waals surface area contributed by atoms with Gasteiger partial charge in [0, 0.05) is 26.1 Å². The van der Waals surface area contributed by atoms with Crippen LogP contribution in [-0.2, 0) is 23.0 Å². The number of hydrogen-bond donors (Lipinski definition) is 1. The molecule has 5 nitrogen and oxygen atoms in total. The van der Waals surface area contributed by atoms with Crippen LogP contribution >= 0.6 is 11.3 Å². The molecule has 3 aromatic rings. The van der Waals surface area contributed by atoms with Crippen LogP contribution in [-0.4, -0.2) is 19.3 Å².